The highest BCUT2D eigenvalue weighted by atomic mass is 32.2. The lowest BCUT2D eigenvalue weighted by molar-refractivity contribution is 0.270. The van der Waals surface area contributed by atoms with Crippen molar-refractivity contribution in [3.63, 3.8) is 0 Å². The maximum atomic E-state index is 12.1. The number of aryl methyl sites for hydroxylation is 1. The van der Waals surface area contributed by atoms with Crippen molar-refractivity contribution in [2.75, 3.05) is 0 Å². The van der Waals surface area contributed by atoms with Crippen molar-refractivity contribution in [1.82, 2.24) is 29.9 Å². The molecule has 0 aliphatic rings. The van der Waals surface area contributed by atoms with E-state index in [0.29, 0.717) is 12.2 Å². The summed E-state index contributed by atoms with van der Waals surface area (Å²) in [5, 5.41) is 22.1. The number of rotatable bonds is 7. The Morgan fingerprint density at radius 1 is 1.50 bits per heavy atom. The molecule has 2 rings (SSSR count). The van der Waals surface area contributed by atoms with Gasteiger partial charge < -0.3 is 9.67 Å². The molecule has 2 aromatic rings. The molecule has 9 nitrogen and oxygen atoms in total. The highest BCUT2D eigenvalue weighted by molar-refractivity contribution is 7.89. The summed E-state index contributed by atoms with van der Waals surface area (Å²) in [5.41, 5.74) is 0.562. The molecule has 0 amide bonds. The number of aromatic nitrogens is 5. The molecular weight excluding hydrogens is 284 g/mol. The largest absolute Gasteiger partial charge is 0.390 e. The van der Waals surface area contributed by atoms with E-state index in [9.17, 15) is 13.5 Å². The number of hydrogen-bond donors (Lipinski definition) is 3. The summed E-state index contributed by atoms with van der Waals surface area (Å²) < 4.78 is 28.3. The van der Waals surface area contributed by atoms with Crippen LogP contribution >= 0.6 is 0 Å². The molecule has 0 unspecified atom stereocenters. The van der Waals surface area contributed by atoms with Gasteiger partial charge in [0.05, 0.1) is 18.0 Å². The van der Waals surface area contributed by atoms with E-state index in [2.05, 4.69) is 25.3 Å². The molecule has 0 fully saturated rings. The Hall–Kier alpha value is -1.78. The van der Waals surface area contributed by atoms with Crippen molar-refractivity contribution in [3.8, 4) is 0 Å². The van der Waals surface area contributed by atoms with Crippen LogP contribution in [-0.4, -0.2) is 38.7 Å². The number of aliphatic hydroxyl groups excluding tert-OH is 1. The highest BCUT2D eigenvalue weighted by Crippen LogP contribution is 2.15. The first-order valence-corrected chi connectivity index (χ1v) is 7.57. The Balaban J connectivity index is 2.16. The molecule has 2 heterocycles. The lowest BCUT2D eigenvalue weighted by atomic mass is 10.4. The van der Waals surface area contributed by atoms with Gasteiger partial charge in [-0.05, 0) is 12.5 Å². The molecule has 0 saturated heterocycles. The third kappa shape index (κ3) is 3.21. The number of nitrogens with one attached hydrogen (secondary N) is 2. The molecule has 0 aromatic carbocycles. The average Bonchev–Trinajstić information content (AvgIpc) is 3.06. The molecule has 0 aliphatic heterocycles. The number of nitrogens with zero attached hydrogens (tertiary/aromatic N) is 4. The summed E-state index contributed by atoms with van der Waals surface area (Å²) in [6.45, 7) is 2.37. The van der Waals surface area contributed by atoms with Crippen LogP contribution in [0, 0.1) is 0 Å². The number of H-pyrrole nitrogens is 1. The van der Waals surface area contributed by atoms with E-state index in [-0.39, 0.29) is 23.9 Å². The van der Waals surface area contributed by atoms with E-state index in [1.54, 1.807) is 4.57 Å². The number of hydrogen-bond acceptors (Lipinski definition) is 6. The highest BCUT2D eigenvalue weighted by Gasteiger charge is 2.18. The molecule has 0 saturated carbocycles. The lowest BCUT2D eigenvalue weighted by Crippen LogP contribution is -2.23. The van der Waals surface area contributed by atoms with Gasteiger partial charge in [0.1, 0.15) is 0 Å². The SMILES string of the molecule is CCCn1cc(S(=O)(=O)NCc2nn[nH]n2)cc1CO. The molecule has 110 valence electrons. The Kier molecular flexibility index (Phi) is 4.47. The summed E-state index contributed by atoms with van der Waals surface area (Å²) in [7, 11) is -3.67. The Morgan fingerprint density at radius 2 is 2.30 bits per heavy atom. The van der Waals surface area contributed by atoms with E-state index >= 15 is 0 Å². The summed E-state index contributed by atoms with van der Waals surface area (Å²) in [4.78, 5) is 0.110. The van der Waals surface area contributed by atoms with Gasteiger partial charge in [-0.3, -0.25) is 0 Å². The van der Waals surface area contributed by atoms with Crippen LogP contribution in [0.1, 0.15) is 24.9 Å². The summed E-state index contributed by atoms with van der Waals surface area (Å²) in [5.74, 6) is 0.254. The van der Waals surface area contributed by atoms with Crippen molar-refractivity contribution in [2.45, 2.75) is 37.9 Å². The lowest BCUT2D eigenvalue weighted by Gasteiger charge is -2.03. The Labute approximate surface area is 116 Å². The van der Waals surface area contributed by atoms with Crippen molar-refractivity contribution < 1.29 is 13.5 Å². The first-order valence-electron chi connectivity index (χ1n) is 6.08. The fourth-order valence-corrected chi connectivity index (χ4v) is 2.80. The molecule has 2 aromatic heterocycles. The van der Waals surface area contributed by atoms with Crippen molar-refractivity contribution in [2.24, 2.45) is 0 Å². The minimum Gasteiger partial charge on any atom is -0.390 e. The zero-order valence-corrected chi connectivity index (χ0v) is 11.8. The fraction of sp³-hybridized carbons (Fsp3) is 0.500. The number of tetrazole rings is 1. The van der Waals surface area contributed by atoms with E-state index in [4.69, 9.17) is 0 Å². The zero-order valence-electron chi connectivity index (χ0n) is 10.9. The second-order valence-corrected chi connectivity index (χ2v) is 5.94. The van der Waals surface area contributed by atoms with Crippen LogP contribution in [-0.2, 0) is 29.7 Å². The second kappa shape index (κ2) is 6.11. The van der Waals surface area contributed by atoms with Gasteiger partial charge >= 0.3 is 0 Å². The molecule has 0 spiro atoms. The quantitative estimate of drug-likeness (QED) is 0.626. The van der Waals surface area contributed by atoms with Crippen LogP contribution in [0.4, 0.5) is 0 Å². The first-order chi connectivity index (χ1) is 9.56. The van der Waals surface area contributed by atoms with Gasteiger partial charge in [0, 0.05) is 18.4 Å². The van der Waals surface area contributed by atoms with Crippen LogP contribution in [0.2, 0.25) is 0 Å². The monoisotopic (exact) mass is 300 g/mol. The minimum atomic E-state index is -3.67. The van der Waals surface area contributed by atoms with E-state index in [1.807, 2.05) is 6.92 Å². The molecule has 20 heavy (non-hydrogen) atoms. The predicted molar refractivity (Wildman–Crippen MR) is 68.8 cm³/mol. The zero-order chi connectivity index (χ0) is 14.6. The Bertz CT molecular complexity index is 649. The van der Waals surface area contributed by atoms with Gasteiger partial charge in [0.15, 0.2) is 5.82 Å². The van der Waals surface area contributed by atoms with Gasteiger partial charge in [-0.1, -0.05) is 12.1 Å². The minimum absolute atomic E-state index is 0.0494. The number of aliphatic hydroxyl groups is 1. The second-order valence-electron chi connectivity index (χ2n) is 4.17. The van der Waals surface area contributed by atoms with Crippen LogP contribution in [0.15, 0.2) is 17.2 Å². The molecular formula is C10H16N6O3S. The van der Waals surface area contributed by atoms with Crippen LogP contribution in [0.5, 0.6) is 0 Å². The van der Waals surface area contributed by atoms with Crippen LogP contribution in [0.25, 0.3) is 0 Å². The van der Waals surface area contributed by atoms with Gasteiger partial charge in [0.2, 0.25) is 10.0 Å². The Morgan fingerprint density at radius 3 is 2.90 bits per heavy atom. The summed E-state index contributed by atoms with van der Waals surface area (Å²) >= 11 is 0. The van der Waals surface area contributed by atoms with Gasteiger partial charge in [-0.15, -0.1) is 10.2 Å². The third-order valence-electron chi connectivity index (χ3n) is 2.71. The molecule has 10 heteroatoms. The van der Waals surface area contributed by atoms with E-state index < -0.39 is 10.0 Å². The summed E-state index contributed by atoms with van der Waals surface area (Å²) in [6.07, 6.45) is 2.35. The van der Waals surface area contributed by atoms with Crippen molar-refractivity contribution in [1.29, 1.82) is 0 Å². The van der Waals surface area contributed by atoms with Crippen LogP contribution in [0.3, 0.4) is 0 Å². The molecule has 0 aliphatic carbocycles. The fourth-order valence-electron chi connectivity index (χ4n) is 1.75. The maximum absolute atomic E-state index is 12.1. The molecule has 0 bridgehead atoms. The van der Waals surface area contributed by atoms with Crippen molar-refractivity contribution >= 4 is 10.0 Å². The molecule has 3 N–H and O–H groups in total. The van der Waals surface area contributed by atoms with Gasteiger partial charge in [-0.2, -0.15) is 5.21 Å². The van der Waals surface area contributed by atoms with Crippen LogP contribution < -0.4 is 4.72 Å². The van der Waals surface area contributed by atoms with Gasteiger partial charge in [0.25, 0.3) is 0 Å². The van der Waals surface area contributed by atoms with E-state index in [1.165, 1.54) is 12.3 Å². The standard InChI is InChI=1S/C10H16N6O3S/c1-2-3-16-6-9(4-8(16)7-17)20(18,19)11-5-10-12-14-15-13-10/h4,6,11,17H,2-3,5,7H2,1H3,(H,12,13,14,15). The molecule has 0 atom stereocenters. The predicted octanol–water partition coefficient (Wildman–Crippen LogP) is -0.618. The third-order valence-corrected chi connectivity index (χ3v) is 4.08. The molecule has 0 radical (unpaired) electrons. The topological polar surface area (TPSA) is 126 Å². The number of aromatic amines is 1. The maximum Gasteiger partial charge on any atom is 0.242 e. The van der Waals surface area contributed by atoms with Crippen molar-refractivity contribution in [3.05, 3.63) is 23.8 Å². The number of sulfonamides is 1. The normalized spacial score (nSPS) is 11.9. The summed E-state index contributed by atoms with van der Waals surface area (Å²) in [6, 6.07) is 1.45. The average molecular weight is 300 g/mol. The smallest absolute Gasteiger partial charge is 0.242 e. The van der Waals surface area contributed by atoms with Gasteiger partial charge in [-0.25, -0.2) is 13.1 Å². The first kappa shape index (κ1) is 14.6. The van der Waals surface area contributed by atoms with E-state index in [0.717, 1.165) is 6.42 Å².